The Bertz CT molecular complexity index is 473. The molecule has 1 unspecified atom stereocenters. The van der Waals surface area contributed by atoms with Crippen molar-refractivity contribution < 1.29 is 9.90 Å². The molecule has 2 N–H and O–H groups in total. The second kappa shape index (κ2) is 7.53. The normalized spacial score (nSPS) is 12.9. The van der Waals surface area contributed by atoms with Crippen LogP contribution in [-0.4, -0.2) is 23.7 Å². The van der Waals surface area contributed by atoms with E-state index < -0.39 is 0 Å². The number of aliphatic hydroxyl groups is 1. The predicted molar refractivity (Wildman–Crippen MR) is 79.4 cm³/mol. The number of rotatable bonds is 5. The lowest BCUT2D eigenvalue weighted by molar-refractivity contribution is -0.117. The Labute approximate surface area is 123 Å². The standard InChI is InChI=1S/C14H17Cl2NO2/c1-9(2)13(8-18)17-14(19)6-4-10-3-5-11(15)7-12(10)16/h3-7,9,13,18H,8H2,1-2H3,(H,17,19). The summed E-state index contributed by atoms with van der Waals surface area (Å²) in [4.78, 5) is 11.7. The van der Waals surface area contributed by atoms with Crippen molar-refractivity contribution in [2.24, 2.45) is 5.92 Å². The van der Waals surface area contributed by atoms with Gasteiger partial charge in [0.2, 0.25) is 5.91 Å². The maximum Gasteiger partial charge on any atom is 0.244 e. The van der Waals surface area contributed by atoms with Crippen molar-refractivity contribution >= 4 is 35.2 Å². The molecule has 0 heterocycles. The third-order valence-electron chi connectivity index (χ3n) is 2.71. The van der Waals surface area contributed by atoms with Crippen molar-refractivity contribution in [1.29, 1.82) is 0 Å². The first-order chi connectivity index (χ1) is 8.93. The van der Waals surface area contributed by atoms with E-state index >= 15 is 0 Å². The number of carbonyl (C=O) groups excluding carboxylic acids is 1. The SMILES string of the molecule is CC(C)C(CO)NC(=O)C=Cc1ccc(Cl)cc1Cl. The van der Waals surface area contributed by atoms with E-state index in [2.05, 4.69) is 5.32 Å². The lowest BCUT2D eigenvalue weighted by atomic mass is 10.1. The van der Waals surface area contributed by atoms with Gasteiger partial charge in [0.15, 0.2) is 0 Å². The average Bonchev–Trinajstić information content (AvgIpc) is 2.34. The summed E-state index contributed by atoms with van der Waals surface area (Å²) in [7, 11) is 0. The number of benzene rings is 1. The predicted octanol–water partition coefficient (Wildman–Crippen LogP) is 3.14. The Kier molecular flexibility index (Phi) is 6.35. The van der Waals surface area contributed by atoms with Gasteiger partial charge in [0.1, 0.15) is 0 Å². The van der Waals surface area contributed by atoms with E-state index in [0.29, 0.717) is 15.6 Å². The van der Waals surface area contributed by atoms with Gasteiger partial charge in [-0.05, 0) is 29.7 Å². The summed E-state index contributed by atoms with van der Waals surface area (Å²) < 4.78 is 0. The minimum absolute atomic E-state index is 0.0844. The molecule has 0 saturated heterocycles. The summed E-state index contributed by atoms with van der Waals surface area (Å²) in [5.41, 5.74) is 0.714. The summed E-state index contributed by atoms with van der Waals surface area (Å²) in [5.74, 6) is -0.0970. The lowest BCUT2D eigenvalue weighted by Crippen LogP contribution is -2.40. The molecule has 0 aliphatic carbocycles. The fraction of sp³-hybridized carbons (Fsp3) is 0.357. The largest absolute Gasteiger partial charge is 0.394 e. The van der Waals surface area contributed by atoms with Crippen LogP contribution in [0.1, 0.15) is 19.4 Å². The zero-order valence-electron chi connectivity index (χ0n) is 10.9. The second-order valence-corrected chi connectivity index (χ2v) is 5.38. The topological polar surface area (TPSA) is 49.3 Å². The molecule has 3 nitrogen and oxygen atoms in total. The van der Waals surface area contributed by atoms with Gasteiger partial charge in [-0.15, -0.1) is 0 Å². The van der Waals surface area contributed by atoms with Crippen molar-refractivity contribution in [3.63, 3.8) is 0 Å². The third-order valence-corrected chi connectivity index (χ3v) is 3.27. The Morgan fingerprint density at radius 2 is 2.11 bits per heavy atom. The summed E-state index contributed by atoms with van der Waals surface area (Å²) >= 11 is 11.8. The smallest absolute Gasteiger partial charge is 0.244 e. The van der Waals surface area contributed by atoms with Crippen LogP contribution in [0.2, 0.25) is 10.0 Å². The highest BCUT2D eigenvalue weighted by molar-refractivity contribution is 6.35. The highest BCUT2D eigenvalue weighted by atomic mass is 35.5. The van der Waals surface area contributed by atoms with Crippen LogP contribution in [0.4, 0.5) is 0 Å². The van der Waals surface area contributed by atoms with E-state index in [1.54, 1.807) is 24.3 Å². The number of hydrogen-bond donors (Lipinski definition) is 2. The molecule has 0 aliphatic rings. The fourth-order valence-corrected chi connectivity index (χ4v) is 1.93. The highest BCUT2D eigenvalue weighted by Gasteiger charge is 2.13. The van der Waals surface area contributed by atoms with Gasteiger partial charge in [0, 0.05) is 16.1 Å². The molecule has 0 saturated carbocycles. The van der Waals surface area contributed by atoms with Crippen LogP contribution in [0.5, 0.6) is 0 Å². The van der Waals surface area contributed by atoms with Gasteiger partial charge < -0.3 is 10.4 Å². The summed E-state index contributed by atoms with van der Waals surface area (Å²) in [6.45, 7) is 3.78. The second-order valence-electron chi connectivity index (χ2n) is 4.54. The minimum atomic E-state index is -0.265. The van der Waals surface area contributed by atoms with Gasteiger partial charge in [-0.1, -0.05) is 43.1 Å². The van der Waals surface area contributed by atoms with Crippen LogP contribution < -0.4 is 5.32 Å². The minimum Gasteiger partial charge on any atom is -0.394 e. The molecule has 0 spiro atoms. The first kappa shape index (κ1) is 16.0. The number of carbonyl (C=O) groups is 1. The van der Waals surface area contributed by atoms with Crippen molar-refractivity contribution in [3.05, 3.63) is 39.9 Å². The lowest BCUT2D eigenvalue weighted by Gasteiger charge is -2.18. The van der Waals surface area contributed by atoms with E-state index in [4.69, 9.17) is 28.3 Å². The van der Waals surface area contributed by atoms with Crippen molar-refractivity contribution in [2.75, 3.05) is 6.61 Å². The molecule has 19 heavy (non-hydrogen) atoms. The van der Waals surface area contributed by atoms with Crippen molar-refractivity contribution in [2.45, 2.75) is 19.9 Å². The van der Waals surface area contributed by atoms with E-state index in [9.17, 15) is 4.79 Å². The van der Waals surface area contributed by atoms with Crippen LogP contribution in [0, 0.1) is 5.92 Å². The van der Waals surface area contributed by atoms with E-state index in [0.717, 1.165) is 0 Å². The molecule has 5 heteroatoms. The van der Waals surface area contributed by atoms with Gasteiger partial charge in [0.25, 0.3) is 0 Å². The zero-order valence-corrected chi connectivity index (χ0v) is 12.4. The monoisotopic (exact) mass is 301 g/mol. The molecule has 1 amide bonds. The highest BCUT2D eigenvalue weighted by Crippen LogP contribution is 2.21. The van der Waals surface area contributed by atoms with Gasteiger partial charge >= 0.3 is 0 Å². The van der Waals surface area contributed by atoms with E-state index in [1.807, 2.05) is 13.8 Å². The number of halogens is 2. The molecular weight excluding hydrogens is 285 g/mol. The molecule has 0 aliphatic heterocycles. The van der Waals surface area contributed by atoms with Crippen LogP contribution in [0.15, 0.2) is 24.3 Å². The van der Waals surface area contributed by atoms with Gasteiger partial charge in [-0.2, -0.15) is 0 Å². The van der Waals surface area contributed by atoms with Crippen LogP contribution in [0.3, 0.4) is 0 Å². The molecule has 1 atom stereocenters. The molecule has 1 rings (SSSR count). The zero-order chi connectivity index (χ0) is 14.4. The molecule has 0 bridgehead atoms. The van der Waals surface area contributed by atoms with Gasteiger partial charge in [-0.25, -0.2) is 0 Å². The molecule has 0 fully saturated rings. The quantitative estimate of drug-likeness (QED) is 0.821. The molecule has 104 valence electrons. The Morgan fingerprint density at radius 1 is 1.42 bits per heavy atom. The summed E-state index contributed by atoms with van der Waals surface area (Å²) in [6.07, 6.45) is 3.00. The van der Waals surface area contributed by atoms with Crippen molar-refractivity contribution in [3.8, 4) is 0 Å². The molecule has 1 aromatic rings. The number of nitrogens with one attached hydrogen (secondary N) is 1. The Balaban J connectivity index is 2.68. The molecule has 0 radical (unpaired) electrons. The maximum absolute atomic E-state index is 11.7. The maximum atomic E-state index is 11.7. The van der Waals surface area contributed by atoms with Crippen LogP contribution in [0.25, 0.3) is 6.08 Å². The average molecular weight is 302 g/mol. The van der Waals surface area contributed by atoms with Gasteiger partial charge in [0.05, 0.1) is 12.6 Å². The Morgan fingerprint density at radius 3 is 2.63 bits per heavy atom. The summed E-state index contributed by atoms with van der Waals surface area (Å²) in [6, 6.07) is 4.80. The number of amides is 1. The van der Waals surface area contributed by atoms with Crippen LogP contribution >= 0.6 is 23.2 Å². The molecule has 1 aromatic carbocycles. The number of hydrogen-bond acceptors (Lipinski definition) is 2. The number of aliphatic hydroxyl groups excluding tert-OH is 1. The fourth-order valence-electron chi connectivity index (χ4n) is 1.46. The first-order valence-corrected chi connectivity index (χ1v) is 6.74. The van der Waals surface area contributed by atoms with Gasteiger partial charge in [-0.3, -0.25) is 4.79 Å². The Hall–Kier alpha value is -1.03. The molecular formula is C14H17Cl2NO2. The van der Waals surface area contributed by atoms with Crippen LogP contribution in [-0.2, 0) is 4.79 Å². The van der Waals surface area contributed by atoms with E-state index in [-0.39, 0.29) is 24.5 Å². The third kappa shape index (κ3) is 5.23. The molecule has 0 aromatic heterocycles. The van der Waals surface area contributed by atoms with E-state index in [1.165, 1.54) is 6.08 Å². The first-order valence-electron chi connectivity index (χ1n) is 5.98. The summed E-state index contributed by atoms with van der Waals surface area (Å²) in [5, 5.41) is 12.9. The van der Waals surface area contributed by atoms with Crippen molar-refractivity contribution in [1.82, 2.24) is 5.32 Å².